The molecule has 2 N–H and O–H groups in total. The number of guanidine groups is 1. The van der Waals surface area contributed by atoms with Crippen LogP contribution in [0.3, 0.4) is 0 Å². The fourth-order valence-electron chi connectivity index (χ4n) is 3.33. The number of furan rings is 1. The number of nitrogens with one attached hydrogen (secondary N) is 2. The highest BCUT2D eigenvalue weighted by Gasteiger charge is 2.17. The van der Waals surface area contributed by atoms with Gasteiger partial charge >= 0.3 is 0 Å². The van der Waals surface area contributed by atoms with Crippen molar-refractivity contribution in [2.24, 2.45) is 4.99 Å². The summed E-state index contributed by atoms with van der Waals surface area (Å²) in [4.78, 5) is 4.76. The molecule has 1 aliphatic heterocycles. The first kappa shape index (κ1) is 16.4. The van der Waals surface area contributed by atoms with Crippen LogP contribution in [0.15, 0.2) is 27.8 Å². The maximum absolute atomic E-state index is 5.68. The van der Waals surface area contributed by atoms with E-state index in [2.05, 4.69) is 10.6 Å². The van der Waals surface area contributed by atoms with Crippen LogP contribution in [0.5, 0.6) is 0 Å². The zero-order chi connectivity index (χ0) is 15.7. The molecule has 1 saturated heterocycles. The molecule has 0 spiro atoms. The molecule has 1 aromatic rings. The maximum Gasteiger partial charge on any atom is 0.191 e. The summed E-state index contributed by atoms with van der Waals surface area (Å²) in [5.74, 6) is 1.94. The van der Waals surface area contributed by atoms with Crippen LogP contribution < -0.4 is 10.6 Å². The molecule has 1 aromatic heterocycles. The molecule has 1 aliphatic carbocycles. The van der Waals surface area contributed by atoms with Gasteiger partial charge in [-0.1, -0.05) is 19.3 Å². The van der Waals surface area contributed by atoms with Crippen molar-refractivity contribution < 1.29 is 9.15 Å². The minimum absolute atomic E-state index is 0.296. The Balaban J connectivity index is 1.49. The fourth-order valence-corrected chi connectivity index (χ4v) is 3.33. The molecule has 2 heterocycles. The van der Waals surface area contributed by atoms with Crippen LogP contribution in [-0.2, 0) is 11.2 Å². The topological polar surface area (TPSA) is 58.8 Å². The van der Waals surface area contributed by atoms with Gasteiger partial charge in [0.05, 0.1) is 18.9 Å². The largest absolute Gasteiger partial charge is 0.469 e. The van der Waals surface area contributed by atoms with Gasteiger partial charge in [-0.2, -0.15) is 0 Å². The number of hydrogen-bond acceptors (Lipinski definition) is 3. The van der Waals surface area contributed by atoms with Crippen molar-refractivity contribution >= 4 is 5.96 Å². The summed E-state index contributed by atoms with van der Waals surface area (Å²) in [7, 11) is 0. The van der Waals surface area contributed by atoms with Gasteiger partial charge in [-0.05, 0) is 37.8 Å². The van der Waals surface area contributed by atoms with E-state index < -0.39 is 0 Å². The van der Waals surface area contributed by atoms with Crippen molar-refractivity contribution in [3.8, 4) is 0 Å². The average Bonchev–Trinajstić information content (AvgIpc) is 3.27. The summed E-state index contributed by atoms with van der Waals surface area (Å²) >= 11 is 0. The lowest BCUT2D eigenvalue weighted by Gasteiger charge is -2.25. The molecule has 1 saturated carbocycles. The van der Waals surface area contributed by atoms with Crippen molar-refractivity contribution in [2.45, 2.75) is 63.5 Å². The summed E-state index contributed by atoms with van der Waals surface area (Å²) in [5.41, 5.74) is 0. The van der Waals surface area contributed by atoms with E-state index in [0.29, 0.717) is 12.1 Å². The van der Waals surface area contributed by atoms with Crippen molar-refractivity contribution in [1.82, 2.24) is 10.6 Å². The Morgan fingerprint density at radius 1 is 1.17 bits per heavy atom. The van der Waals surface area contributed by atoms with E-state index in [1.54, 1.807) is 6.26 Å². The van der Waals surface area contributed by atoms with E-state index in [0.717, 1.165) is 50.7 Å². The van der Waals surface area contributed by atoms with Crippen LogP contribution in [0.4, 0.5) is 0 Å². The molecule has 5 nitrogen and oxygen atoms in total. The zero-order valence-corrected chi connectivity index (χ0v) is 13.9. The molecular weight excluding hydrogens is 290 g/mol. The molecule has 128 valence electrons. The number of aliphatic imine (C=N–C) groups is 1. The molecule has 1 atom stereocenters. The molecule has 2 aliphatic rings. The maximum atomic E-state index is 5.68. The second-order valence-electron chi connectivity index (χ2n) is 6.56. The van der Waals surface area contributed by atoms with E-state index >= 15 is 0 Å². The van der Waals surface area contributed by atoms with Gasteiger partial charge in [-0.15, -0.1) is 0 Å². The van der Waals surface area contributed by atoms with Gasteiger partial charge in [-0.25, -0.2) is 0 Å². The summed E-state index contributed by atoms with van der Waals surface area (Å²) in [5, 5.41) is 7.07. The van der Waals surface area contributed by atoms with Gasteiger partial charge in [0.2, 0.25) is 0 Å². The zero-order valence-electron chi connectivity index (χ0n) is 13.9. The van der Waals surface area contributed by atoms with E-state index in [9.17, 15) is 0 Å². The first-order valence-corrected chi connectivity index (χ1v) is 9.09. The van der Waals surface area contributed by atoms with Crippen LogP contribution in [0.1, 0.15) is 50.7 Å². The van der Waals surface area contributed by atoms with Crippen LogP contribution in [0.25, 0.3) is 0 Å². The Hall–Kier alpha value is -1.49. The van der Waals surface area contributed by atoms with Gasteiger partial charge in [0.1, 0.15) is 5.76 Å². The molecule has 1 unspecified atom stereocenters. The third-order valence-corrected chi connectivity index (χ3v) is 4.67. The summed E-state index contributed by atoms with van der Waals surface area (Å²) in [6.07, 6.45) is 11.7. The lowest BCUT2D eigenvalue weighted by atomic mass is 9.96. The van der Waals surface area contributed by atoms with Crippen LogP contribution in [-0.4, -0.2) is 37.8 Å². The first-order valence-electron chi connectivity index (χ1n) is 9.09. The van der Waals surface area contributed by atoms with Gasteiger partial charge in [0, 0.05) is 25.6 Å². The van der Waals surface area contributed by atoms with Gasteiger partial charge in [-0.3, -0.25) is 4.99 Å². The highest BCUT2D eigenvalue weighted by Crippen LogP contribution is 2.17. The lowest BCUT2D eigenvalue weighted by molar-refractivity contribution is 0.117. The number of rotatable bonds is 6. The SMILES string of the molecule is c1coc(CCNC(=NCC2CCCO2)NC2CCCCC2)c1. The molecule has 0 aromatic carbocycles. The Bertz CT molecular complexity index is 461. The smallest absolute Gasteiger partial charge is 0.191 e. The van der Waals surface area contributed by atoms with Gasteiger partial charge in [0.25, 0.3) is 0 Å². The predicted octanol–water partition coefficient (Wildman–Crippen LogP) is 2.87. The monoisotopic (exact) mass is 319 g/mol. The van der Waals surface area contributed by atoms with Crippen LogP contribution in [0, 0.1) is 0 Å². The highest BCUT2D eigenvalue weighted by atomic mass is 16.5. The highest BCUT2D eigenvalue weighted by molar-refractivity contribution is 5.80. The number of ether oxygens (including phenoxy) is 1. The average molecular weight is 319 g/mol. The van der Waals surface area contributed by atoms with Crippen molar-refractivity contribution in [1.29, 1.82) is 0 Å². The molecule has 23 heavy (non-hydrogen) atoms. The Labute approximate surface area is 138 Å². The van der Waals surface area contributed by atoms with Crippen molar-refractivity contribution in [2.75, 3.05) is 19.7 Å². The third-order valence-electron chi connectivity index (χ3n) is 4.67. The van der Waals surface area contributed by atoms with Crippen molar-refractivity contribution in [3.63, 3.8) is 0 Å². The molecule has 0 bridgehead atoms. The minimum Gasteiger partial charge on any atom is -0.469 e. The second-order valence-corrected chi connectivity index (χ2v) is 6.56. The van der Waals surface area contributed by atoms with Crippen molar-refractivity contribution in [3.05, 3.63) is 24.2 Å². The van der Waals surface area contributed by atoms with E-state index in [-0.39, 0.29) is 0 Å². The molecule has 3 rings (SSSR count). The van der Waals surface area contributed by atoms with Crippen LogP contribution >= 0.6 is 0 Å². The Kier molecular flexibility index (Phi) is 6.38. The quantitative estimate of drug-likeness (QED) is 0.625. The lowest BCUT2D eigenvalue weighted by Crippen LogP contribution is -2.45. The van der Waals surface area contributed by atoms with E-state index in [1.807, 2.05) is 12.1 Å². The molecule has 0 radical (unpaired) electrons. The van der Waals surface area contributed by atoms with E-state index in [1.165, 1.54) is 32.1 Å². The predicted molar refractivity (Wildman–Crippen MR) is 91.7 cm³/mol. The molecule has 2 fully saturated rings. The fraction of sp³-hybridized carbons (Fsp3) is 0.722. The van der Waals surface area contributed by atoms with E-state index in [4.69, 9.17) is 14.1 Å². The minimum atomic E-state index is 0.296. The number of nitrogens with zero attached hydrogens (tertiary/aromatic N) is 1. The molecule has 0 amide bonds. The second kappa shape index (κ2) is 8.96. The summed E-state index contributed by atoms with van der Waals surface area (Å²) in [6, 6.07) is 4.50. The summed E-state index contributed by atoms with van der Waals surface area (Å²) in [6.45, 7) is 2.47. The molecule has 5 heteroatoms. The Morgan fingerprint density at radius 3 is 2.83 bits per heavy atom. The molecular formula is C18H29N3O2. The van der Waals surface area contributed by atoms with Gasteiger partial charge < -0.3 is 19.8 Å². The van der Waals surface area contributed by atoms with Gasteiger partial charge in [0.15, 0.2) is 5.96 Å². The normalized spacial score (nSPS) is 23.1. The van der Waals surface area contributed by atoms with Crippen LogP contribution in [0.2, 0.25) is 0 Å². The Morgan fingerprint density at radius 2 is 2.09 bits per heavy atom. The summed E-state index contributed by atoms with van der Waals surface area (Å²) < 4.78 is 11.1. The standard InChI is InChI=1S/C18H29N3O2/c1-2-6-15(7-3-1)21-18(20-14-17-9-5-13-23-17)19-11-10-16-8-4-12-22-16/h4,8,12,15,17H,1-3,5-7,9-11,13-14H2,(H2,19,20,21). The number of hydrogen-bond donors (Lipinski definition) is 2. The first-order chi connectivity index (χ1) is 11.4. The third kappa shape index (κ3) is 5.57.